The number of hydrogen-bond acceptors (Lipinski definition) is 4. The van der Waals surface area contributed by atoms with Crippen LogP contribution in [-0.4, -0.2) is 27.3 Å². The summed E-state index contributed by atoms with van der Waals surface area (Å²) in [6, 6.07) is 7.31. The third-order valence-electron chi connectivity index (χ3n) is 3.68. The SMILES string of the molecule is COC(=O)c1cc(F)c(F)cc1CCc1ccc(OC)c(OC)c1. The number of ether oxygens (including phenoxy) is 3. The van der Waals surface area contributed by atoms with Crippen LogP contribution in [0.2, 0.25) is 0 Å². The minimum absolute atomic E-state index is 0.0249. The van der Waals surface area contributed by atoms with E-state index in [1.165, 1.54) is 14.2 Å². The van der Waals surface area contributed by atoms with E-state index in [1.807, 2.05) is 6.07 Å². The largest absolute Gasteiger partial charge is 0.493 e. The van der Waals surface area contributed by atoms with E-state index in [9.17, 15) is 13.6 Å². The predicted molar refractivity (Wildman–Crippen MR) is 84.7 cm³/mol. The number of aryl methyl sites for hydroxylation is 2. The molecule has 24 heavy (non-hydrogen) atoms. The van der Waals surface area contributed by atoms with E-state index in [0.29, 0.717) is 29.9 Å². The highest BCUT2D eigenvalue weighted by Gasteiger charge is 2.16. The molecule has 0 aliphatic rings. The van der Waals surface area contributed by atoms with Crippen LogP contribution in [0.4, 0.5) is 8.78 Å². The van der Waals surface area contributed by atoms with Gasteiger partial charge in [0.25, 0.3) is 0 Å². The van der Waals surface area contributed by atoms with E-state index in [1.54, 1.807) is 19.2 Å². The van der Waals surface area contributed by atoms with Crippen LogP contribution in [0.15, 0.2) is 30.3 Å². The van der Waals surface area contributed by atoms with Crippen molar-refractivity contribution in [3.8, 4) is 11.5 Å². The maximum atomic E-state index is 13.5. The lowest BCUT2D eigenvalue weighted by Gasteiger charge is -2.11. The van der Waals surface area contributed by atoms with Crippen molar-refractivity contribution in [2.75, 3.05) is 21.3 Å². The highest BCUT2D eigenvalue weighted by atomic mass is 19.2. The van der Waals surface area contributed by atoms with Crippen molar-refractivity contribution in [2.45, 2.75) is 12.8 Å². The molecule has 0 spiro atoms. The third kappa shape index (κ3) is 3.82. The molecule has 6 heteroatoms. The quantitative estimate of drug-likeness (QED) is 0.757. The van der Waals surface area contributed by atoms with Crippen molar-refractivity contribution in [1.82, 2.24) is 0 Å². The molecular weight excluding hydrogens is 318 g/mol. The summed E-state index contributed by atoms with van der Waals surface area (Å²) < 4.78 is 41.9. The second-order valence-electron chi connectivity index (χ2n) is 5.10. The summed E-state index contributed by atoms with van der Waals surface area (Å²) in [5.41, 5.74) is 1.32. The third-order valence-corrected chi connectivity index (χ3v) is 3.68. The molecule has 0 radical (unpaired) electrons. The summed E-state index contributed by atoms with van der Waals surface area (Å²) in [6.07, 6.45) is 0.854. The average molecular weight is 336 g/mol. The molecule has 0 unspecified atom stereocenters. The number of methoxy groups -OCH3 is 3. The smallest absolute Gasteiger partial charge is 0.338 e. The minimum Gasteiger partial charge on any atom is -0.493 e. The number of carbonyl (C=O) groups excluding carboxylic acids is 1. The Bertz CT molecular complexity index is 744. The number of esters is 1. The monoisotopic (exact) mass is 336 g/mol. The van der Waals surface area contributed by atoms with Gasteiger partial charge in [0.1, 0.15) is 0 Å². The summed E-state index contributed by atoms with van der Waals surface area (Å²) in [5.74, 6) is -1.59. The van der Waals surface area contributed by atoms with Gasteiger partial charge in [0.2, 0.25) is 0 Å². The number of benzene rings is 2. The number of halogens is 2. The fourth-order valence-corrected chi connectivity index (χ4v) is 2.41. The van der Waals surface area contributed by atoms with Gasteiger partial charge in [-0.1, -0.05) is 6.07 Å². The van der Waals surface area contributed by atoms with Gasteiger partial charge < -0.3 is 14.2 Å². The molecule has 0 amide bonds. The highest BCUT2D eigenvalue weighted by Crippen LogP contribution is 2.28. The predicted octanol–water partition coefficient (Wildman–Crippen LogP) is 3.55. The first-order valence-electron chi connectivity index (χ1n) is 7.27. The summed E-state index contributed by atoms with van der Waals surface area (Å²) in [7, 11) is 4.27. The van der Waals surface area contributed by atoms with Crippen LogP contribution in [0.25, 0.3) is 0 Å². The molecule has 4 nitrogen and oxygen atoms in total. The molecule has 0 bridgehead atoms. The lowest BCUT2D eigenvalue weighted by molar-refractivity contribution is 0.0598. The number of carbonyl (C=O) groups is 1. The zero-order valence-electron chi connectivity index (χ0n) is 13.7. The van der Waals surface area contributed by atoms with E-state index >= 15 is 0 Å². The maximum absolute atomic E-state index is 13.5. The van der Waals surface area contributed by atoms with Gasteiger partial charge in [0.15, 0.2) is 23.1 Å². The van der Waals surface area contributed by atoms with Gasteiger partial charge in [-0.05, 0) is 48.2 Å². The van der Waals surface area contributed by atoms with Crippen molar-refractivity contribution in [2.24, 2.45) is 0 Å². The highest BCUT2D eigenvalue weighted by molar-refractivity contribution is 5.91. The molecule has 128 valence electrons. The summed E-state index contributed by atoms with van der Waals surface area (Å²) >= 11 is 0. The van der Waals surface area contributed by atoms with Gasteiger partial charge in [0.05, 0.1) is 26.9 Å². The van der Waals surface area contributed by atoms with Crippen molar-refractivity contribution >= 4 is 5.97 Å². The van der Waals surface area contributed by atoms with Gasteiger partial charge >= 0.3 is 5.97 Å². The standard InChI is InChI=1S/C18H18F2O4/c1-22-16-7-5-11(8-17(16)23-2)4-6-12-9-14(19)15(20)10-13(12)18(21)24-3/h5,7-10H,4,6H2,1-3H3. The molecule has 0 heterocycles. The molecule has 2 aromatic carbocycles. The molecule has 0 saturated carbocycles. The molecule has 0 saturated heterocycles. The average Bonchev–Trinajstić information content (AvgIpc) is 2.61. The lowest BCUT2D eigenvalue weighted by atomic mass is 9.99. The van der Waals surface area contributed by atoms with Gasteiger partial charge in [-0.3, -0.25) is 0 Å². The van der Waals surface area contributed by atoms with Gasteiger partial charge in [0, 0.05) is 0 Å². The van der Waals surface area contributed by atoms with Crippen molar-refractivity contribution in [3.63, 3.8) is 0 Å². The van der Waals surface area contributed by atoms with E-state index < -0.39 is 17.6 Å². The van der Waals surface area contributed by atoms with Crippen LogP contribution in [0.3, 0.4) is 0 Å². The summed E-state index contributed by atoms with van der Waals surface area (Å²) in [5, 5.41) is 0. The van der Waals surface area contributed by atoms with Gasteiger partial charge in [-0.2, -0.15) is 0 Å². The molecular formula is C18H18F2O4. The number of hydrogen-bond donors (Lipinski definition) is 0. The lowest BCUT2D eigenvalue weighted by Crippen LogP contribution is -2.08. The number of rotatable bonds is 6. The fourth-order valence-electron chi connectivity index (χ4n) is 2.41. The second-order valence-corrected chi connectivity index (χ2v) is 5.10. The molecule has 2 aromatic rings. The normalized spacial score (nSPS) is 10.4. The van der Waals surface area contributed by atoms with Gasteiger partial charge in [-0.25, -0.2) is 13.6 Å². The fraction of sp³-hybridized carbons (Fsp3) is 0.278. The first-order chi connectivity index (χ1) is 11.5. The van der Waals surface area contributed by atoms with E-state index in [-0.39, 0.29) is 5.56 Å². The summed E-state index contributed by atoms with van der Waals surface area (Å²) in [6.45, 7) is 0. The van der Waals surface area contributed by atoms with Crippen LogP contribution in [0.1, 0.15) is 21.5 Å². The van der Waals surface area contributed by atoms with E-state index in [0.717, 1.165) is 17.7 Å². The van der Waals surface area contributed by atoms with Crippen LogP contribution < -0.4 is 9.47 Å². The molecule has 0 aliphatic carbocycles. The molecule has 2 rings (SSSR count). The van der Waals surface area contributed by atoms with Crippen molar-refractivity contribution in [3.05, 3.63) is 58.7 Å². The van der Waals surface area contributed by atoms with Crippen molar-refractivity contribution < 1.29 is 27.8 Å². The van der Waals surface area contributed by atoms with E-state index in [4.69, 9.17) is 9.47 Å². The van der Waals surface area contributed by atoms with Crippen molar-refractivity contribution in [1.29, 1.82) is 0 Å². The Morgan fingerprint density at radius 1 is 0.917 bits per heavy atom. The molecule has 0 atom stereocenters. The molecule has 0 N–H and O–H groups in total. The first-order valence-corrected chi connectivity index (χ1v) is 7.27. The zero-order chi connectivity index (χ0) is 17.7. The Morgan fingerprint density at radius 2 is 1.58 bits per heavy atom. The Hall–Kier alpha value is -2.63. The summed E-state index contributed by atoms with van der Waals surface area (Å²) in [4.78, 5) is 11.7. The molecule has 0 fully saturated rings. The van der Waals surface area contributed by atoms with Gasteiger partial charge in [-0.15, -0.1) is 0 Å². The van der Waals surface area contributed by atoms with Crippen LogP contribution >= 0.6 is 0 Å². The Labute approximate surface area is 139 Å². The van der Waals surface area contributed by atoms with E-state index in [2.05, 4.69) is 4.74 Å². The van der Waals surface area contributed by atoms with Crippen LogP contribution in [0, 0.1) is 11.6 Å². The minimum atomic E-state index is -1.08. The molecule has 0 aliphatic heterocycles. The van der Waals surface area contributed by atoms with Crippen LogP contribution in [-0.2, 0) is 17.6 Å². The Kier molecular flexibility index (Phi) is 5.73. The molecule has 0 aromatic heterocycles. The Morgan fingerprint density at radius 3 is 2.21 bits per heavy atom. The first kappa shape index (κ1) is 17.7. The second kappa shape index (κ2) is 7.77. The maximum Gasteiger partial charge on any atom is 0.338 e. The Balaban J connectivity index is 2.25. The topological polar surface area (TPSA) is 44.8 Å². The van der Waals surface area contributed by atoms with Crippen LogP contribution in [0.5, 0.6) is 11.5 Å². The zero-order valence-corrected chi connectivity index (χ0v) is 13.7.